The number of benzene rings is 1. The molecule has 0 radical (unpaired) electrons. The van der Waals surface area contributed by atoms with E-state index in [0.717, 1.165) is 29.7 Å². The van der Waals surface area contributed by atoms with Crippen molar-refractivity contribution >= 4 is 23.4 Å². The van der Waals surface area contributed by atoms with Crippen LogP contribution < -0.4 is 5.32 Å². The number of carbonyl (C=O) groups excluding carboxylic acids is 3. The normalized spacial score (nSPS) is 18.5. The van der Waals surface area contributed by atoms with E-state index in [1.807, 2.05) is 62.6 Å². The van der Waals surface area contributed by atoms with Gasteiger partial charge in [0.2, 0.25) is 17.7 Å². The summed E-state index contributed by atoms with van der Waals surface area (Å²) in [5.74, 6) is 0.344. The van der Waals surface area contributed by atoms with E-state index in [-0.39, 0.29) is 29.1 Å². The molecule has 0 bridgehead atoms. The molecule has 3 amide bonds. The summed E-state index contributed by atoms with van der Waals surface area (Å²) in [5, 5.41) is 3.01. The Balaban J connectivity index is 1.42. The van der Waals surface area contributed by atoms with Crippen molar-refractivity contribution in [3.63, 3.8) is 0 Å². The molecule has 1 aromatic carbocycles. The van der Waals surface area contributed by atoms with Crippen molar-refractivity contribution in [3.05, 3.63) is 29.3 Å². The number of aryl methyl sites for hydroxylation is 1. The zero-order valence-corrected chi connectivity index (χ0v) is 20.2. The number of rotatable bonds is 4. The molecule has 7 heteroatoms. The Morgan fingerprint density at radius 1 is 0.938 bits per heavy atom. The van der Waals surface area contributed by atoms with Crippen molar-refractivity contribution in [2.45, 2.75) is 47.5 Å². The Labute approximate surface area is 192 Å². The predicted octanol–water partition coefficient (Wildman–Crippen LogP) is 2.67. The van der Waals surface area contributed by atoms with Crippen molar-refractivity contribution in [3.8, 4) is 0 Å². The zero-order chi connectivity index (χ0) is 23.5. The van der Waals surface area contributed by atoms with E-state index in [4.69, 9.17) is 0 Å². The maximum Gasteiger partial charge on any atom is 0.238 e. The van der Waals surface area contributed by atoms with Crippen LogP contribution in [-0.4, -0.2) is 78.2 Å². The lowest BCUT2D eigenvalue weighted by Gasteiger charge is -2.39. The average molecular weight is 443 g/mol. The number of hydrogen-bond donors (Lipinski definition) is 1. The van der Waals surface area contributed by atoms with Gasteiger partial charge in [-0.1, -0.05) is 32.9 Å². The second-order valence-electron chi connectivity index (χ2n) is 10.2. The second kappa shape index (κ2) is 10.0. The van der Waals surface area contributed by atoms with Gasteiger partial charge in [-0.2, -0.15) is 0 Å². The van der Waals surface area contributed by atoms with Gasteiger partial charge in [0.1, 0.15) is 0 Å². The maximum absolute atomic E-state index is 13.0. The molecule has 176 valence electrons. The number of nitrogens with one attached hydrogen (secondary N) is 1. The quantitative estimate of drug-likeness (QED) is 0.778. The fourth-order valence-electron chi connectivity index (χ4n) is 4.47. The van der Waals surface area contributed by atoms with Gasteiger partial charge < -0.3 is 15.1 Å². The predicted molar refractivity (Wildman–Crippen MR) is 126 cm³/mol. The summed E-state index contributed by atoms with van der Waals surface area (Å²) in [7, 11) is 0. The molecular weight excluding hydrogens is 404 g/mol. The van der Waals surface area contributed by atoms with Crippen LogP contribution in [0.4, 0.5) is 5.69 Å². The van der Waals surface area contributed by atoms with Crippen molar-refractivity contribution in [2.75, 3.05) is 51.1 Å². The maximum atomic E-state index is 13.0. The van der Waals surface area contributed by atoms with Gasteiger partial charge in [-0.3, -0.25) is 19.3 Å². The zero-order valence-electron chi connectivity index (χ0n) is 20.2. The molecule has 0 spiro atoms. The summed E-state index contributed by atoms with van der Waals surface area (Å²) in [5.41, 5.74) is 2.73. The molecule has 3 rings (SSSR count). The highest BCUT2D eigenvalue weighted by molar-refractivity contribution is 5.93. The van der Waals surface area contributed by atoms with Crippen LogP contribution in [0, 0.1) is 25.2 Å². The molecule has 7 nitrogen and oxygen atoms in total. The van der Waals surface area contributed by atoms with E-state index in [1.165, 1.54) is 0 Å². The molecule has 0 atom stereocenters. The van der Waals surface area contributed by atoms with Crippen LogP contribution >= 0.6 is 0 Å². The Morgan fingerprint density at radius 3 is 2.16 bits per heavy atom. The summed E-state index contributed by atoms with van der Waals surface area (Å²) >= 11 is 0. The second-order valence-corrected chi connectivity index (χ2v) is 10.2. The molecule has 1 N–H and O–H groups in total. The number of piperazine rings is 1. The van der Waals surface area contributed by atoms with Gasteiger partial charge >= 0.3 is 0 Å². The first-order valence-electron chi connectivity index (χ1n) is 11.7. The van der Waals surface area contributed by atoms with E-state index >= 15 is 0 Å². The van der Waals surface area contributed by atoms with E-state index in [1.54, 1.807) is 0 Å². The number of piperidine rings is 1. The monoisotopic (exact) mass is 442 g/mol. The first-order valence-corrected chi connectivity index (χ1v) is 11.7. The van der Waals surface area contributed by atoms with Crippen LogP contribution in [0.2, 0.25) is 0 Å². The number of anilines is 1. The molecule has 0 unspecified atom stereocenters. The first-order chi connectivity index (χ1) is 15.1. The van der Waals surface area contributed by atoms with Crippen LogP contribution in [0.25, 0.3) is 0 Å². The van der Waals surface area contributed by atoms with Gasteiger partial charge in [0.25, 0.3) is 0 Å². The van der Waals surface area contributed by atoms with Crippen molar-refractivity contribution in [1.29, 1.82) is 0 Å². The summed E-state index contributed by atoms with van der Waals surface area (Å²) in [6, 6.07) is 5.91. The number of nitrogens with zero attached hydrogens (tertiary/aromatic N) is 3. The fourth-order valence-corrected chi connectivity index (χ4v) is 4.47. The van der Waals surface area contributed by atoms with Gasteiger partial charge in [-0.15, -0.1) is 0 Å². The third-order valence-corrected chi connectivity index (χ3v) is 6.70. The lowest BCUT2D eigenvalue weighted by Crippen LogP contribution is -2.53. The minimum atomic E-state index is -0.377. The Morgan fingerprint density at radius 2 is 1.56 bits per heavy atom. The average Bonchev–Trinajstić information content (AvgIpc) is 2.76. The highest BCUT2D eigenvalue weighted by atomic mass is 16.2. The number of carbonyl (C=O) groups is 3. The van der Waals surface area contributed by atoms with E-state index in [0.29, 0.717) is 45.8 Å². The summed E-state index contributed by atoms with van der Waals surface area (Å²) in [4.78, 5) is 43.9. The Kier molecular flexibility index (Phi) is 7.59. The minimum Gasteiger partial charge on any atom is -0.342 e. The van der Waals surface area contributed by atoms with Crippen LogP contribution in [0.5, 0.6) is 0 Å². The molecule has 32 heavy (non-hydrogen) atoms. The fraction of sp³-hybridized carbons (Fsp3) is 0.640. The molecule has 2 heterocycles. The summed E-state index contributed by atoms with van der Waals surface area (Å²) < 4.78 is 0. The van der Waals surface area contributed by atoms with Crippen LogP contribution in [0.1, 0.15) is 44.7 Å². The largest absolute Gasteiger partial charge is 0.342 e. The Bertz CT molecular complexity index is 845. The highest BCUT2D eigenvalue weighted by Gasteiger charge is 2.34. The van der Waals surface area contributed by atoms with Crippen molar-refractivity contribution < 1.29 is 14.4 Å². The first kappa shape index (κ1) is 24.2. The topological polar surface area (TPSA) is 73.0 Å². The van der Waals surface area contributed by atoms with Gasteiger partial charge in [-0.05, 0) is 43.9 Å². The third-order valence-electron chi connectivity index (χ3n) is 6.70. The smallest absolute Gasteiger partial charge is 0.238 e. The molecule has 0 aromatic heterocycles. The molecule has 1 aromatic rings. The SMILES string of the molecule is Cc1cccc(NC(=O)CN2CCN(C(=O)C3CCN(C(=O)C(C)(C)C)CC3)CC2)c1C. The molecular formula is C25H38N4O3. The summed E-state index contributed by atoms with van der Waals surface area (Å²) in [6.45, 7) is 14.2. The summed E-state index contributed by atoms with van der Waals surface area (Å²) in [6.07, 6.45) is 1.47. The van der Waals surface area contributed by atoms with Crippen molar-refractivity contribution in [2.24, 2.45) is 11.3 Å². The van der Waals surface area contributed by atoms with E-state index in [9.17, 15) is 14.4 Å². The van der Waals surface area contributed by atoms with E-state index in [2.05, 4.69) is 10.2 Å². The van der Waals surface area contributed by atoms with Gasteiger partial charge in [0.15, 0.2) is 0 Å². The third kappa shape index (κ3) is 5.88. The molecule has 2 fully saturated rings. The van der Waals surface area contributed by atoms with Crippen LogP contribution in [-0.2, 0) is 14.4 Å². The number of hydrogen-bond acceptors (Lipinski definition) is 4. The van der Waals surface area contributed by atoms with Crippen LogP contribution in [0.15, 0.2) is 18.2 Å². The molecule has 2 saturated heterocycles. The lowest BCUT2D eigenvalue weighted by atomic mass is 9.90. The van der Waals surface area contributed by atoms with Crippen molar-refractivity contribution in [1.82, 2.24) is 14.7 Å². The minimum absolute atomic E-state index is 0.00170. The number of amides is 3. The van der Waals surface area contributed by atoms with Crippen LogP contribution in [0.3, 0.4) is 0 Å². The molecule has 2 aliphatic heterocycles. The Hall–Kier alpha value is -2.41. The standard InChI is InChI=1S/C25H38N4O3/c1-18-7-6-8-21(19(18)2)26-22(30)17-27-13-15-28(16-14-27)23(31)20-9-11-29(12-10-20)24(32)25(3,4)5/h6-8,20H,9-17H2,1-5H3,(H,26,30). The van der Waals surface area contributed by atoms with E-state index < -0.39 is 0 Å². The van der Waals surface area contributed by atoms with Gasteiger partial charge in [0.05, 0.1) is 6.54 Å². The highest BCUT2D eigenvalue weighted by Crippen LogP contribution is 2.25. The lowest BCUT2D eigenvalue weighted by molar-refractivity contribution is -0.145. The molecule has 2 aliphatic rings. The molecule has 0 saturated carbocycles. The number of likely N-dealkylation sites (tertiary alicyclic amines) is 1. The molecule has 0 aliphatic carbocycles. The van der Waals surface area contributed by atoms with Gasteiger partial charge in [-0.25, -0.2) is 0 Å². The van der Waals surface area contributed by atoms with Gasteiger partial charge in [0, 0.05) is 56.3 Å².